The molecule has 96 heavy (non-hydrogen) atoms. The number of nitrogens with two attached hydrogens (primary N) is 1. The number of halogens is 3. The molecule has 3 aliphatic rings. The number of carbonyl (C=O) groups excluding carboxylic acids is 4. The summed E-state index contributed by atoms with van der Waals surface area (Å²) in [6.07, 6.45) is -1.02. The lowest BCUT2D eigenvalue weighted by atomic mass is 9.88. The normalized spacial score (nSPS) is 18.0. The van der Waals surface area contributed by atoms with E-state index in [0.717, 1.165) is 39.2 Å². The lowest BCUT2D eigenvalue weighted by molar-refractivity contribution is -0.141. The molecule has 3 aliphatic heterocycles. The zero-order valence-corrected chi connectivity index (χ0v) is 54.6. The molecular formula is C79H81F3N6O8. The number of carboxylic acid groups (broad SMARTS) is 1. The topological polar surface area (TPSA) is 193 Å². The molecule has 14 nitrogen and oxygen atoms in total. The van der Waals surface area contributed by atoms with Crippen molar-refractivity contribution >= 4 is 47.0 Å². The Morgan fingerprint density at radius 2 is 0.771 bits per heavy atom. The lowest BCUT2D eigenvalue weighted by Crippen LogP contribution is -2.36. The Labute approximate surface area is 559 Å². The van der Waals surface area contributed by atoms with Crippen molar-refractivity contribution in [3.05, 3.63) is 271 Å². The highest BCUT2D eigenvalue weighted by molar-refractivity contribution is 5.95. The molecule has 6 atom stereocenters. The van der Waals surface area contributed by atoms with Gasteiger partial charge in [0.1, 0.15) is 28.7 Å². The summed E-state index contributed by atoms with van der Waals surface area (Å²) < 4.78 is 51.7. The maximum absolute atomic E-state index is 14.0. The fraction of sp³-hybridized carbons (Fsp3) is 0.253. The number of nitrogens with one attached hydrogen (secondary N) is 3. The standard InChI is InChI=1S/C28H29FN2O3.C23H21FN2O.C16H20FNO4.C12H11N/c1-28(2,3)34-27(33)31-17-24(21-12-7-13-22(29)15-21)25(18-31)26(32)30-23-14-8-11-20(16-23)19-9-5-4-6-10-19;24-19-10-4-9-18(12-19)21-14-25-15-22(21)23(27)26-20-11-5-8-17(13-20)16-6-2-1-3-7-16;1-16(2,3)22-15(21)18-8-12(13(9-18)14(19)20)10-5-4-6-11(17)7-10;13-12-8-4-7-11(9-12)10-5-2-1-3-6-10/h4-16,24-25H,17-18H2,1-3H3,(H,30,32);1-13,21-22,25H,14-15H2,(H,26,27);4-7,12-13H,8-9H2,1-3H3,(H,19,20);1-9H,13H2/t24-,25+;21-,22+;12-,13+;/m000./s1. The SMILES string of the molecule is CC(C)(C)OC(=O)N1C[C@@H](C(=O)Nc2cccc(-c3ccccc3)c2)[C@H](c2cccc(F)c2)C1.CC(C)(C)OC(=O)N1C[C@@H](C(=O)O)[C@H](c2cccc(F)c2)C1.Nc1cccc(-c2ccccc2)c1.O=C(Nc1cccc(-c2ccccc2)c1)[C@@H]1CNC[C@H]1c1cccc(F)c1. The number of carbonyl (C=O) groups is 5. The Balaban J connectivity index is 0.000000157. The van der Waals surface area contributed by atoms with Crippen molar-refractivity contribution in [1.82, 2.24) is 15.1 Å². The van der Waals surface area contributed by atoms with Crippen molar-refractivity contribution in [2.24, 2.45) is 17.8 Å². The van der Waals surface area contributed by atoms with E-state index in [-0.39, 0.29) is 67.4 Å². The monoisotopic (exact) mass is 1300 g/mol. The molecule has 9 aromatic rings. The van der Waals surface area contributed by atoms with Crippen LogP contribution in [-0.4, -0.2) is 95.3 Å². The van der Waals surface area contributed by atoms with Crippen LogP contribution in [0.4, 0.5) is 39.8 Å². The van der Waals surface area contributed by atoms with Crippen molar-refractivity contribution in [3.8, 4) is 33.4 Å². The van der Waals surface area contributed by atoms with Gasteiger partial charge in [-0.3, -0.25) is 14.4 Å². The fourth-order valence-electron chi connectivity index (χ4n) is 11.9. The molecule has 3 fully saturated rings. The average Bonchev–Trinajstić information content (AvgIpc) is 1.75. The maximum Gasteiger partial charge on any atom is 0.410 e. The number of likely N-dealkylation sites (tertiary alicyclic amines) is 2. The molecule has 0 aliphatic carbocycles. The van der Waals surface area contributed by atoms with E-state index in [1.54, 1.807) is 71.9 Å². The third-order valence-electron chi connectivity index (χ3n) is 16.4. The zero-order valence-electron chi connectivity index (χ0n) is 54.6. The summed E-state index contributed by atoms with van der Waals surface area (Å²) in [4.78, 5) is 65.5. The molecule has 12 rings (SSSR count). The number of hydrogen-bond acceptors (Lipinski definition) is 9. The summed E-state index contributed by atoms with van der Waals surface area (Å²) in [5, 5.41) is 18.7. The predicted molar refractivity (Wildman–Crippen MR) is 371 cm³/mol. The molecule has 3 heterocycles. The summed E-state index contributed by atoms with van der Waals surface area (Å²) in [5.41, 5.74) is 15.3. The number of anilines is 3. The molecule has 3 saturated heterocycles. The van der Waals surface area contributed by atoms with Gasteiger partial charge in [0.25, 0.3) is 0 Å². The molecule has 6 N–H and O–H groups in total. The Morgan fingerprint density at radius 1 is 0.417 bits per heavy atom. The quantitative estimate of drug-likeness (QED) is 0.0779. The Hall–Kier alpha value is -10.5. The molecule has 0 bridgehead atoms. The van der Waals surface area contributed by atoms with Gasteiger partial charge in [0, 0.05) is 74.1 Å². The van der Waals surface area contributed by atoms with Gasteiger partial charge in [-0.05, 0) is 164 Å². The van der Waals surface area contributed by atoms with Crippen LogP contribution in [0.15, 0.2) is 237 Å². The number of amides is 4. The van der Waals surface area contributed by atoms with Crippen LogP contribution in [0.2, 0.25) is 0 Å². The fourth-order valence-corrected chi connectivity index (χ4v) is 11.9. The van der Waals surface area contributed by atoms with Crippen LogP contribution in [0.25, 0.3) is 33.4 Å². The highest BCUT2D eigenvalue weighted by Crippen LogP contribution is 2.37. The number of carboxylic acids is 1. The number of rotatable bonds is 11. The summed E-state index contributed by atoms with van der Waals surface area (Å²) in [5.74, 6) is -4.69. The van der Waals surface area contributed by atoms with Gasteiger partial charge in [-0.15, -0.1) is 0 Å². The van der Waals surface area contributed by atoms with E-state index < -0.39 is 52.9 Å². The molecule has 0 saturated carbocycles. The third kappa shape index (κ3) is 19.8. The van der Waals surface area contributed by atoms with Crippen LogP contribution < -0.4 is 21.7 Å². The van der Waals surface area contributed by atoms with Gasteiger partial charge < -0.3 is 46.1 Å². The van der Waals surface area contributed by atoms with Gasteiger partial charge in [0.05, 0.1) is 17.8 Å². The minimum atomic E-state index is -1.000. The summed E-state index contributed by atoms with van der Waals surface area (Å²) in [7, 11) is 0. The van der Waals surface area contributed by atoms with Crippen LogP contribution >= 0.6 is 0 Å². The van der Waals surface area contributed by atoms with Crippen molar-refractivity contribution in [3.63, 3.8) is 0 Å². The van der Waals surface area contributed by atoms with Crippen LogP contribution in [0.3, 0.4) is 0 Å². The number of ether oxygens (including phenoxy) is 2. The van der Waals surface area contributed by atoms with Gasteiger partial charge in [0.2, 0.25) is 11.8 Å². The predicted octanol–water partition coefficient (Wildman–Crippen LogP) is 16.3. The van der Waals surface area contributed by atoms with E-state index in [2.05, 4.69) is 34.1 Å². The highest BCUT2D eigenvalue weighted by atomic mass is 19.1. The van der Waals surface area contributed by atoms with Gasteiger partial charge in [-0.25, -0.2) is 22.8 Å². The zero-order chi connectivity index (χ0) is 68.5. The lowest BCUT2D eigenvalue weighted by Gasteiger charge is -2.24. The second-order valence-corrected chi connectivity index (χ2v) is 25.9. The molecule has 4 amide bonds. The van der Waals surface area contributed by atoms with Crippen molar-refractivity contribution in [2.75, 3.05) is 55.6 Å². The van der Waals surface area contributed by atoms with E-state index in [4.69, 9.17) is 15.2 Å². The third-order valence-corrected chi connectivity index (χ3v) is 16.4. The molecule has 17 heteroatoms. The van der Waals surface area contributed by atoms with Gasteiger partial charge in [-0.2, -0.15) is 0 Å². The number of hydrogen-bond donors (Lipinski definition) is 5. The molecule has 9 aromatic carbocycles. The molecule has 0 unspecified atom stereocenters. The first-order valence-electron chi connectivity index (χ1n) is 31.9. The van der Waals surface area contributed by atoms with E-state index >= 15 is 0 Å². The second-order valence-electron chi connectivity index (χ2n) is 25.9. The maximum atomic E-state index is 14.0. The molecule has 496 valence electrons. The van der Waals surface area contributed by atoms with Gasteiger partial charge in [-0.1, -0.05) is 164 Å². The van der Waals surface area contributed by atoms with Crippen molar-refractivity contribution < 1.29 is 51.7 Å². The Bertz CT molecular complexity index is 4110. The van der Waals surface area contributed by atoms with Crippen LogP contribution in [-0.2, 0) is 23.9 Å². The van der Waals surface area contributed by atoms with E-state index in [9.17, 15) is 42.3 Å². The summed E-state index contributed by atoms with van der Waals surface area (Å²) in [6.45, 7) is 12.6. The van der Waals surface area contributed by atoms with Crippen molar-refractivity contribution in [2.45, 2.75) is 70.5 Å². The number of nitrogens with zero attached hydrogens (tertiary/aromatic N) is 2. The van der Waals surface area contributed by atoms with Crippen molar-refractivity contribution in [1.29, 1.82) is 0 Å². The van der Waals surface area contributed by atoms with E-state index in [0.29, 0.717) is 29.9 Å². The summed E-state index contributed by atoms with van der Waals surface area (Å²) in [6, 6.07) is 72.2. The molecular weight excluding hydrogens is 1220 g/mol. The largest absolute Gasteiger partial charge is 0.481 e. The Morgan fingerprint density at radius 3 is 1.17 bits per heavy atom. The minimum absolute atomic E-state index is 0.0296. The van der Waals surface area contributed by atoms with Crippen LogP contribution in [0, 0.1) is 35.2 Å². The molecule has 0 radical (unpaired) electrons. The number of aliphatic carboxylic acids is 1. The highest BCUT2D eigenvalue weighted by Gasteiger charge is 2.44. The Kier molecular flexibility index (Phi) is 23.3. The van der Waals surface area contributed by atoms with Gasteiger partial charge in [0.15, 0.2) is 0 Å². The van der Waals surface area contributed by atoms with E-state index in [1.807, 2.05) is 152 Å². The van der Waals surface area contributed by atoms with E-state index in [1.165, 1.54) is 57.3 Å². The first-order valence-corrected chi connectivity index (χ1v) is 31.9. The summed E-state index contributed by atoms with van der Waals surface area (Å²) >= 11 is 0. The van der Waals surface area contributed by atoms with Crippen LogP contribution in [0.1, 0.15) is 76.0 Å². The van der Waals surface area contributed by atoms with Crippen LogP contribution in [0.5, 0.6) is 0 Å². The average molecular weight is 1300 g/mol. The second kappa shape index (κ2) is 32.1. The van der Waals surface area contributed by atoms with Gasteiger partial charge >= 0.3 is 18.2 Å². The first-order chi connectivity index (χ1) is 45.9. The molecule has 0 spiro atoms. The molecule has 0 aromatic heterocycles. The first kappa shape index (κ1) is 69.8. The smallest absolute Gasteiger partial charge is 0.410 e. The number of nitrogen functional groups attached to an aromatic ring is 1. The number of benzene rings is 9. The minimum Gasteiger partial charge on any atom is -0.481 e.